The molecule has 7 heteroatoms. The summed E-state index contributed by atoms with van der Waals surface area (Å²) in [5.41, 5.74) is 0. The molecule has 1 aliphatic heterocycles. The maximum Gasteiger partial charge on any atom is 0.338 e. The highest BCUT2D eigenvalue weighted by Crippen LogP contribution is 1.92. The van der Waals surface area contributed by atoms with E-state index in [0.717, 1.165) is 24.3 Å². The van der Waals surface area contributed by atoms with E-state index in [1.807, 2.05) is 0 Å². The summed E-state index contributed by atoms with van der Waals surface area (Å²) >= 11 is 0. The zero-order valence-electron chi connectivity index (χ0n) is 8.91. The Labute approximate surface area is 96.3 Å². The second-order valence-electron chi connectivity index (χ2n) is 2.50. The summed E-state index contributed by atoms with van der Waals surface area (Å²) in [6.07, 6.45) is 3.77. The van der Waals surface area contributed by atoms with Gasteiger partial charge in [0.25, 0.3) is 0 Å². The molecule has 0 fully saturated rings. The largest absolute Gasteiger partial charge is 0.478 e. The van der Waals surface area contributed by atoms with Gasteiger partial charge in [-0.05, 0) is 6.92 Å². The van der Waals surface area contributed by atoms with Gasteiger partial charge in [0.1, 0.15) is 0 Å². The monoisotopic (exact) mass is 242 g/mol. The van der Waals surface area contributed by atoms with E-state index in [1.54, 1.807) is 6.92 Å². The first-order chi connectivity index (χ1) is 7.95. The van der Waals surface area contributed by atoms with Crippen LogP contribution >= 0.6 is 0 Å². The number of hydrogen-bond acceptors (Lipinski definition) is 6. The third-order valence-corrected chi connectivity index (χ3v) is 1.21. The Hall–Kier alpha value is -2.44. The molecule has 0 amide bonds. The number of ether oxygens (including phenoxy) is 2. The molecule has 0 saturated heterocycles. The predicted octanol–water partition coefficient (Wildman–Crippen LogP) is -0.184. The van der Waals surface area contributed by atoms with E-state index in [2.05, 4.69) is 9.47 Å². The van der Waals surface area contributed by atoms with E-state index in [9.17, 15) is 19.2 Å². The molecule has 1 aliphatic rings. The van der Waals surface area contributed by atoms with Crippen LogP contribution in [0.3, 0.4) is 0 Å². The van der Waals surface area contributed by atoms with Crippen LogP contribution in [0, 0.1) is 0 Å². The van der Waals surface area contributed by atoms with E-state index in [0.29, 0.717) is 0 Å². The molecule has 0 aromatic carbocycles. The number of carboxylic acids is 1. The third-order valence-electron chi connectivity index (χ3n) is 1.21. The molecular weight excluding hydrogens is 232 g/mol. The van der Waals surface area contributed by atoms with Crippen molar-refractivity contribution in [3.8, 4) is 0 Å². The first-order valence-electron chi connectivity index (χ1n) is 4.47. The Kier molecular flexibility index (Phi) is 6.68. The Morgan fingerprint density at radius 3 is 2.12 bits per heavy atom. The summed E-state index contributed by atoms with van der Waals surface area (Å²) in [4.78, 5) is 40.0. The molecule has 0 saturated carbocycles. The second-order valence-corrected chi connectivity index (χ2v) is 2.50. The van der Waals surface area contributed by atoms with Gasteiger partial charge in [-0.1, -0.05) is 0 Å². The van der Waals surface area contributed by atoms with Gasteiger partial charge in [-0.25, -0.2) is 19.2 Å². The van der Waals surface area contributed by atoms with Crippen molar-refractivity contribution in [1.82, 2.24) is 0 Å². The van der Waals surface area contributed by atoms with Crippen molar-refractivity contribution in [1.29, 1.82) is 0 Å². The minimum Gasteiger partial charge on any atom is -0.478 e. The fourth-order valence-electron chi connectivity index (χ4n) is 0.633. The quantitative estimate of drug-likeness (QED) is 0.415. The molecule has 0 radical (unpaired) electrons. The Morgan fingerprint density at radius 2 is 1.82 bits per heavy atom. The van der Waals surface area contributed by atoms with Crippen molar-refractivity contribution in [2.45, 2.75) is 6.92 Å². The van der Waals surface area contributed by atoms with Crippen LogP contribution < -0.4 is 0 Å². The maximum atomic E-state index is 10.4. The van der Waals surface area contributed by atoms with Gasteiger partial charge in [-0.15, -0.1) is 0 Å². The van der Waals surface area contributed by atoms with E-state index in [1.165, 1.54) is 0 Å². The highest BCUT2D eigenvalue weighted by Gasteiger charge is 2.10. The second kappa shape index (κ2) is 7.80. The van der Waals surface area contributed by atoms with Gasteiger partial charge in [-0.3, -0.25) is 0 Å². The van der Waals surface area contributed by atoms with E-state index >= 15 is 0 Å². The van der Waals surface area contributed by atoms with Gasteiger partial charge in [0, 0.05) is 24.3 Å². The smallest absolute Gasteiger partial charge is 0.338 e. The molecule has 7 nitrogen and oxygen atoms in total. The standard InChI is InChI=1S/C6H8O4.C4H2O3/c1-2-10-6(9)4-3-5(7)8;5-3-1-2-4(6)7-3/h3-4H,2H2,1H3,(H,7,8);1-2H. The number of carboxylic acid groups (broad SMARTS) is 1. The van der Waals surface area contributed by atoms with Crippen molar-refractivity contribution < 1.29 is 33.8 Å². The summed E-state index contributed by atoms with van der Waals surface area (Å²) in [5, 5.41) is 8.04. The highest BCUT2D eigenvalue weighted by molar-refractivity contribution is 6.04. The molecule has 0 atom stereocenters. The van der Waals surface area contributed by atoms with Gasteiger partial charge >= 0.3 is 23.9 Å². The molecule has 0 aromatic heterocycles. The maximum absolute atomic E-state index is 10.4. The van der Waals surface area contributed by atoms with Crippen molar-refractivity contribution in [3.63, 3.8) is 0 Å². The zero-order chi connectivity index (χ0) is 13.3. The van der Waals surface area contributed by atoms with Crippen LogP contribution in [0.5, 0.6) is 0 Å². The van der Waals surface area contributed by atoms with Crippen molar-refractivity contribution in [2.75, 3.05) is 6.61 Å². The summed E-state index contributed by atoms with van der Waals surface area (Å²) in [6.45, 7) is 1.90. The molecule has 0 aromatic rings. The van der Waals surface area contributed by atoms with Crippen LogP contribution in [0.25, 0.3) is 0 Å². The fourth-order valence-corrected chi connectivity index (χ4v) is 0.633. The first kappa shape index (κ1) is 14.6. The van der Waals surface area contributed by atoms with Gasteiger partial charge in [0.2, 0.25) is 0 Å². The minimum atomic E-state index is -1.16. The van der Waals surface area contributed by atoms with Gasteiger partial charge < -0.3 is 14.6 Å². The summed E-state index contributed by atoms with van der Waals surface area (Å²) in [5.74, 6) is -2.95. The Morgan fingerprint density at radius 1 is 1.29 bits per heavy atom. The summed E-state index contributed by atoms with van der Waals surface area (Å²) in [6, 6.07) is 0. The highest BCUT2D eigenvalue weighted by atomic mass is 16.6. The lowest BCUT2D eigenvalue weighted by atomic mass is 10.5. The normalized spacial score (nSPS) is 13.0. The fraction of sp³-hybridized carbons (Fsp3) is 0.200. The van der Waals surface area contributed by atoms with E-state index in [4.69, 9.17) is 5.11 Å². The average molecular weight is 242 g/mol. The molecule has 0 bridgehead atoms. The van der Waals surface area contributed by atoms with Crippen LogP contribution in [-0.4, -0.2) is 35.6 Å². The number of hydrogen-bond donors (Lipinski definition) is 1. The molecule has 1 N–H and O–H groups in total. The molecule has 92 valence electrons. The van der Waals surface area contributed by atoms with Crippen molar-refractivity contribution in [2.24, 2.45) is 0 Å². The topological polar surface area (TPSA) is 107 Å². The van der Waals surface area contributed by atoms with Crippen molar-refractivity contribution in [3.05, 3.63) is 24.3 Å². The lowest BCUT2D eigenvalue weighted by Gasteiger charge is -1.92. The summed E-state index contributed by atoms with van der Waals surface area (Å²) < 4.78 is 8.38. The number of cyclic esters (lactones) is 2. The van der Waals surface area contributed by atoms with Gasteiger partial charge in [-0.2, -0.15) is 0 Å². The molecular formula is C10H10O7. The van der Waals surface area contributed by atoms with E-state index in [-0.39, 0.29) is 6.61 Å². The van der Waals surface area contributed by atoms with Gasteiger partial charge in [0.05, 0.1) is 6.61 Å². The Bertz CT molecular complexity index is 362. The molecule has 1 rings (SSSR count). The number of aliphatic carboxylic acids is 1. The van der Waals surface area contributed by atoms with Crippen LogP contribution in [0.1, 0.15) is 6.92 Å². The predicted molar refractivity (Wildman–Crippen MR) is 53.6 cm³/mol. The van der Waals surface area contributed by atoms with E-state index < -0.39 is 23.9 Å². The zero-order valence-corrected chi connectivity index (χ0v) is 8.91. The Balaban J connectivity index is 0.000000318. The number of carbonyl (C=O) groups excluding carboxylic acids is 3. The molecule has 0 aliphatic carbocycles. The SMILES string of the molecule is CCOC(=O)C=CC(=O)O.O=C1C=CC(=O)O1. The first-order valence-corrected chi connectivity index (χ1v) is 4.47. The lowest BCUT2D eigenvalue weighted by Crippen LogP contribution is -2.00. The van der Waals surface area contributed by atoms with Crippen LogP contribution in [-0.2, 0) is 28.7 Å². The average Bonchev–Trinajstić information content (AvgIpc) is 2.61. The third kappa shape index (κ3) is 8.55. The number of esters is 3. The lowest BCUT2D eigenvalue weighted by molar-refractivity contribution is -0.150. The number of carbonyl (C=O) groups is 4. The number of rotatable bonds is 3. The van der Waals surface area contributed by atoms with Crippen LogP contribution in [0.2, 0.25) is 0 Å². The molecule has 1 heterocycles. The van der Waals surface area contributed by atoms with Crippen LogP contribution in [0.15, 0.2) is 24.3 Å². The summed E-state index contributed by atoms with van der Waals surface area (Å²) in [7, 11) is 0. The van der Waals surface area contributed by atoms with Crippen molar-refractivity contribution >= 4 is 23.9 Å². The molecule has 0 spiro atoms. The van der Waals surface area contributed by atoms with Gasteiger partial charge in [0.15, 0.2) is 0 Å². The van der Waals surface area contributed by atoms with Crippen LogP contribution in [0.4, 0.5) is 0 Å². The molecule has 0 unspecified atom stereocenters. The minimum absolute atomic E-state index is 0.253. The molecule has 17 heavy (non-hydrogen) atoms.